The summed E-state index contributed by atoms with van der Waals surface area (Å²) in [5, 5.41) is 3.82. The van der Waals surface area contributed by atoms with Crippen LogP contribution in [0.4, 0.5) is 0 Å². The molecule has 2 heterocycles. The highest BCUT2D eigenvalue weighted by Crippen LogP contribution is 2.33. The number of hydrogen-bond acceptors (Lipinski definition) is 5. The molecule has 0 spiro atoms. The number of rotatable bonds is 7. The molecule has 0 bridgehead atoms. The van der Waals surface area contributed by atoms with Crippen molar-refractivity contribution >= 4 is 39.2 Å². The molecule has 7 heteroatoms. The Labute approximate surface area is 162 Å². The summed E-state index contributed by atoms with van der Waals surface area (Å²) in [5.74, 6) is 2.58. The van der Waals surface area contributed by atoms with Crippen LogP contribution in [0.15, 0.2) is 4.79 Å². The van der Waals surface area contributed by atoms with Gasteiger partial charge in [-0.05, 0) is 44.1 Å². The molecule has 0 fully saturated rings. The molecule has 5 nitrogen and oxygen atoms in total. The fourth-order valence-electron chi connectivity index (χ4n) is 3.10. The van der Waals surface area contributed by atoms with E-state index in [0.717, 1.165) is 35.2 Å². The predicted molar refractivity (Wildman–Crippen MR) is 110 cm³/mol. The molecule has 1 aliphatic rings. The Kier molecular flexibility index (Phi) is 6.40. The molecule has 0 saturated heterocycles. The highest BCUT2D eigenvalue weighted by atomic mass is 32.2. The molecule has 142 valence electrons. The summed E-state index contributed by atoms with van der Waals surface area (Å²) in [7, 11) is 0. The first kappa shape index (κ1) is 19.4. The van der Waals surface area contributed by atoms with Crippen molar-refractivity contribution in [1.29, 1.82) is 0 Å². The average molecular weight is 394 g/mol. The molecule has 0 aromatic carbocycles. The zero-order valence-electron chi connectivity index (χ0n) is 15.7. The molecule has 2 N–H and O–H groups in total. The number of carbonyl (C=O) groups excluding carboxylic acids is 1. The number of thioether (sulfide) groups is 1. The van der Waals surface area contributed by atoms with Gasteiger partial charge in [0.25, 0.3) is 5.56 Å². The minimum absolute atomic E-state index is 0.00602. The van der Waals surface area contributed by atoms with Gasteiger partial charge in [-0.2, -0.15) is 11.8 Å². The van der Waals surface area contributed by atoms with Crippen molar-refractivity contribution in [2.45, 2.75) is 64.7 Å². The van der Waals surface area contributed by atoms with Crippen molar-refractivity contribution in [1.82, 2.24) is 15.3 Å². The van der Waals surface area contributed by atoms with Crippen LogP contribution in [0.3, 0.4) is 0 Å². The van der Waals surface area contributed by atoms with Crippen LogP contribution >= 0.6 is 23.1 Å². The first-order chi connectivity index (χ1) is 12.5. The summed E-state index contributed by atoms with van der Waals surface area (Å²) in [5.41, 5.74) is 1.22. The van der Waals surface area contributed by atoms with Crippen molar-refractivity contribution in [2.24, 2.45) is 5.92 Å². The second-order valence-corrected chi connectivity index (χ2v) is 9.50. The Balaban J connectivity index is 1.57. The van der Waals surface area contributed by atoms with Crippen LogP contribution in [0.1, 0.15) is 56.3 Å². The fourth-order valence-corrected chi connectivity index (χ4v) is 5.19. The van der Waals surface area contributed by atoms with Crippen LogP contribution < -0.4 is 10.9 Å². The van der Waals surface area contributed by atoms with Crippen molar-refractivity contribution in [2.75, 3.05) is 5.75 Å². The summed E-state index contributed by atoms with van der Waals surface area (Å²) >= 11 is 3.31. The Bertz CT molecular complexity index is 841. The summed E-state index contributed by atoms with van der Waals surface area (Å²) in [6, 6.07) is 0.192. The smallest absolute Gasteiger partial charge is 0.259 e. The minimum Gasteiger partial charge on any atom is -0.353 e. The van der Waals surface area contributed by atoms with Gasteiger partial charge < -0.3 is 10.3 Å². The average Bonchev–Trinajstić information content (AvgIpc) is 2.97. The third-order valence-corrected chi connectivity index (χ3v) is 7.13. The van der Waals surface area contributed by atoms with Gasteiger partial charge in [-0.15, -0.1) is 11.3 Å². The second-order valence-electron chi connectivity index (χ2n) is 7.31. The first-order valence-electron chi connectivity index (χ1n) is 9.36. The van der Waals surface area contributed by atoms with Gasteiger partial charge in [0.05, 0.1) is 11.1 Å². The highest BCUT2D eigenvalue weighted by Gasteiger charge is 2.19. The van der Waals surface area contributed by atoms with Gasteiger partial charge in [0.1, 0.15) is 10.7 Å². The number of nitrogens with one attached hydrogen (secondary N) is 2. The van der Waals surface area contributed by atoms with Crippen molar-refractivity contribution in [3.63, 3.8) is 0 Å². The topological polar surface area (TPSA) is 74.8 Å². The maximum absolute atomic E-state index is 12.5. The minimum atomic E-state index is -0.00602. The monoisotopic (exact) mass is 393 g/mol. The van der Waals surface area contributed by atoms with Crippen LogP contribution in [-0.2, 0) is 23.4 Å². The van der Waals surface area contributed by atoms with E-state index in [0.29, 0.717) is 23.9 Å². The predicted octanol–water partition coefficient (Wildman–Crippen LogP) is 3.65. The molecule has 1 aliphatic carbocycles. The third kappa shape index (κ3) is 4.49. The number of hydrogen-bond donors (Lipinski definition) is 2. The van der Waals surface area contributed by atoms with E-state index in [2.05, 4.69) is 29.1 Å². The van der Waals surface area contributed by atoms with Gasteiger partial charge in [-0.1, -0.05) is 13.8 Å². The van der Waals surface area contributed by atoms with Gasteiger partial charge >= 0.3 is 0 Å². The molecule has 1 amide bonds. The van der Waals surface area contributed by atoms with Crippen LogP contribution in [0.5, 0.6) is 0 Å². The van der Waals surface area contributed by atoms with Crippen LogP contribution in [0, 0.1) is 5.92 Å². The molecule has 0 aliphatic heterocycles. The Morgan fingerprint density at radius 1 is 1.31 bits per heavy atom. The largest absolute Gasteiger partial charge is 0.353 e. The van der Waals surface area contributed by atoms with E-state index < -0.39 is 0 Å². The van der Waals surface area contributed by atoms with E-state index in [4.69, 9.17) is 0 Å². The number of fused-ring (bicyclic) bond motifs is 3. The quantitative estimate of drug-likeness (QED) is 0.704. The Morgan fingerprint density at radius 2 is 2.08 bits per heavy atom. The second kappa shape index (κ2) is 8.57. The summed E-state index contributed by atoms with van der Waals surface area (Å²) in [4.78, 5) is 34.2. The van der Waals surface area contributed by atoms with Gasteiger partial charge in [-0.3, -0.25) is 9.59 Å². The normalized spacial score (nSPS) is 15.2. The Hall–Kier alpha value is -1.34. The number of aryl methyl sites for hydroxylation is 2. The van der Waals surface area contributed by atoms with E-state index >= 15 is 0 Å². The van der Waals surface area contributed by atoms with Crippen molar-refractivity contribution in [3.05, 3.63) is 26.6 Å². The molecule has 26 heavy (non-hydrogen) atoms. The van der Waals surface area contributed by atoms with Crippen LogP contribution in [0.2, 0.25) is 0 Å². The maximum Gasteiger partial charge on any atom is 0.259 e. The first-order valence-corrected chi connectivity index (χ1v) is 11.3. The number of aromatic nitrogens is 2. The van der Waals surface area contributed by atoms with Crippen LogP contribution in [-0.4, -0.2) is 27.7 Å². The van der Waals surface area contributed by atoms with Crippen molar-refractivity contribution in [3.8, 4) is 0 Å². The van der Waals surface area contributed by atoms with E-state index in [9.17, 15) is 9.59 Å². The number of amides is 1. The van der Waals surface area contributed by atoms with Gasteiger partial charge in [0, 0.05) is 23.1 Å². The number of H-pyrrole nitrogens is 1. The molecule has 3 rings (SSSR count). The van der Waals surface area contributed by atoms with Crippen molar-refractivity contribution < 1.29 is 4.79 Å². The van der Waals surface area contributed by atoms with Gasteiger partial charge in [-0.25, -0.2) is 4.98 Å². The third-order valence-electron chi connectivity index (χ3n) is 4.98. The zero-order chi connectivity index (χ0) is 18.7. The molecular formula is C19H27N3O2S2. The SMILES string of the molecule is CC(C)C(C)NC(=O)CCSCc1nc2sc3c(c2c(=O)[nH]1)CCCC3. The molecule has 1 atom stereocenters. The summed E-state index contributed by atoms with van der Waals surface area (Å²) < 4.78 is 0. The summed E-state index contributed by atoms with van der Waals surface area (Å²) in [6.07, 6.45) is 4.93. The number of thiophene rings is 1. The molecular weight excluding hydrogens is 366 g/mol. The number of aromatic amines is 1. The zero-order valence-corrected chi connectivity index (χ0v) is 17.3. The lowest BCUT2D eigenvalue weighted by Crippen LogP contribution is -2.36. The fraction of sp³-hybridized carbons (Fsp3) is 0.632. The highest BCUT2D eigenvalue weighted by molar-refractivity contribution is 7.98. The lowest BCUT2D eigenvalue weighted by molar-refractivity contribution is -0.121. The number of carbonyl (C=O) groups is 1. The standard InChI is InChI=1S/C19H27N3O2S2/c1-11(2)12(3)20-16(23)8-9-25-10-15-21-18(24)17-13-6-4-5-7-14(13)26-19(17)22-15/h11-12H,4-10H2,1-3H3,(H,20,23)(H,21,22,24). The molecule has 2 aromatic heterocycles. The lowest BCUT2D eigenvalue weighted by Gasteiger charge is -2.17. The van der Waals surface area contributed by atoms with E-state index in [1.807, 2.05) is 6.92 Å². The summed E-state index contributed by atoms with van der Waals surface area (Å²) in [6.45, 7) is 6.22. The van der Waals surface area contributed by atoms with E-state index in [-0.39, 0.29) is 17.5 Å². The number of nitrogens with zero attached hydrogens (tertiary/aromatic N) is 1. The van der Waals surface area contributed by atoms with E-state index in [1.165, 1.54) is 16.9 Å². The van der Waals surface area contributed by atoms with Gasteiger partial charge in [0.2, 0.25) is 5.91 Å². The molecule has 0 saturated carbocycles. The Morgan fingerprint density at radius 3 is 2.85 bits per heavy atom. The van der Waals surface area contributed by atoms with E-state index in [1.54, 1.807) is 23.1 Å². The lowest BCUT2D eigenvalue weighted by atomic mass is 9.97. The van der Waals surface area contributed by atoms with Crippen LogP contribution in [0.25, 0.3) is 10.2 Å². The molecule has 0 radical (unpaired) electrons. The maximum atomic E-state index is 12.5. The van der Waals surface area contributed by atoms with Gasteiger partial charge in [0.15, 0.2) is 0 Å². The molecule has 1 unspecified atom stereocenters. The molecule has 2 aromatic rings.